The fraction of sp³-hybridized carbons (Fsp3) is 0.400. The quantitative estimate of drug-likeness (QED) is 0.722. The Morgan fingerprint density at radius 3 is 2.64 bits per heavy atom. The van der Waals surface area contributed by atoms with Crippen molar-refractivity contribution in [3.05, 3.63) is 17.3 Å². The monoisotopic (exact) mass is 207 g/mol. The molecular formula is C10H13N3S. The summed E-state index contributed by atoms with van der Waals surface area (Å²) < 4.78 is 0.984. The molecule has 14 heavy (non-hydrogen) atoms. The highest BCUT2D eigenvalue weighted by Crippen LogP contribution is 2.27. The second-order valence-electron chi connectivity index (χ2n) is 4.32. The summed E-state index contributed by atoms with van der Waals surface area (Å²) in [4.78, 5) is 8.81. The number of thiophene rings is 1. The van der Waals surface area contributed by atoms with Crippen LogP contribution in [0.15, 0.2) is 11.4 Å². The summed E-state index contributed by atoms with van der Waals surface area (Å²) in [7, 11) is 0. The highest BCUT2D eigenvalue weighted by molar-refractivity contribution is 7.17. The number of nitrogens with zero attached hydrogens (tertiary/aromatic N) is 2. The zero-order valence-electron chi connectivity index (χ0n) is 8.53. The Morgan fingerprint density at radius 2 is 2.00 bits per heavy atom. The van der Waals surface area contributed by atoms with Gasteiger partial charge in [0.25, 0.3) is 0 Å². The zero-order chi connectivity index (χ0) is 10.3. The highest BCUT2D eigenvalue weighted by atomic mass is 32.1. The third-order valence-corrected chi connectivity index (χ3v) is 2.93. The third-order valence-electron chi connectivity index (χ3n) is 2.00. The molecule has 0 aliphatic carbocycles. The molecule has 0 amide bonds. The van der Waals surface area contributed by atoms with Gasteiger partial charge in [0.15, 0.2) is 0 Å². The first-order valence-electron chi connectivity index (χ1n) is 4.49. The van der Waals surface area contributed by atoms with Gasteiger partial charge in [-0.25, -0.2) is 9.97 Å². The second-order valence-corrected chi connectivity index (χ2v) is 5.23. The number of aromatic nitrogens is 2. The van der Waals surface area contributed by atoms with E-state index >= 15 is 0 Å². The molecule has 2 rings (SSSR count). The fourth-order valence-corrected chi connectivity index (χ4v) is 1.96. The fourth-order valence-electron chi connectivity index (χ4n) is 1.22. The molecule has 0 fully saturated rings. The molecule has 2 aromatic rings. The van der Waals surface area contributed by atoms with E-state index in [1.165, 1.54) is 0 Å². The highest BCUT2D eigenvalue weighted by Gasteiger charge is 2.19. The molecule has 0 aliphatic rings. The summed E-state index contributed by atoms with van der Waals surface area (Å²) >= 11 is 1.58. The summed E-state index contributed by atoms with van der Waals surface area (Å²) in [5.41, 5.74) is 6.76. The standard InChI is InChI=1S/C10H13N3S/c1-10(2,3)9-12-6-4-5-14-7(6)8(11)13-9/h4-5H,1-3H3,(H2,11,12,13). The van der Waals surface area contributed by atoms with Crippen LogP contribution in [0.2, 0.25) is 0 Å². The molecule has 0 atom stereocenters. The van der Waals surface area contributed by atoms with E-state index in [0.29, 0.717) is 5.82 Å². The van der Waals surface area contributed by atoms with Gasteiger partial charge in [0.2, 0.25) is 0 Å². The molecule has 2 heterocycles. The molecule has 2 aromatic heterocycles. The van der Waals surface area contributed by atoms with Crippen LogP contribution in [0.4, 0.5) is 5.82 Å². The molecule has 0 bridgehead atoms. The van der Waals surface area contributed by atoms with Crippen molar-refractivity contribution in [2.75, 3.05) is 5.73 Å². The van der Waals surface area contributed by atoms with Crippen LogP contribution in [-0.2, 0) is 5.41 Å². The topological polar surface area (TPSA) is 51.8 Å². The predicted molar refractivity (Wildman–Crippen MR) is 60.5 cm³/mol. The van der Waals surface area contributed by atoms with Crippen molar-refractivity contribution in [1.82, 2.24) is 9.97 Å². The molecule has 0 saturated carbocycles. The second kappa shape index (κ2) is 2.92. The number of fused-ring (bicyclic) bond motifs is 1. The zero-order valence-corrected chi connectivity index (χ0v) is 9.35. The van der Waals surface area contributed by atoms with Crippen molar-refractivity contribution in [1.29, 1.82) is 0 Å². The Balaban J connectivity index is 2.70. The first-order valence-corrected chi connectivity index (χ1v) is 5.37. The molecule has 3 nitrogen and oxygen atoms in total. The maximum atomic E-state index is 5.86. The van der Waals surface area contributed by atoms with Crippen LogP contribution in [0.1, 0.15) is 26.6 Å². The number of nitrogen functional groups attached to an aromatic ring is 1. The van der Waals surface area contributed by atoms with E-state index in [1.807, 2.05) is 11.4 Å². The van der Waals surface area contributed by atoms with E-state index in [4.69, 9.17) is 5.73 Å². The van der Waals surface area contributed by atoms with Gasteiger partial charge < -0.3 is 5.73 Å². The predicted octanol–water partition coefficient (Wildman–Crippen LogP) is 2.57. The van der Waals surface area contributed by atoms with Gasteiger partial charge in [0, 0.05) is 5.41 Å². The van der Waals surface area contributed by atoms with Crippen molar-refractivity contribution in [3.8, 4) is 0 Å². The summed E-state index contributed by atoms with van der Waals surface area (Å²) in [5.74, 6) is 1.40. The summed E-state index contributed by atoms with van der Waals surface area (Å²) in [6.45, 7) is 6.25. The van der Waals surface area contributed by atoms with Crippen LogP contribution in [0.5, 0.6) is 0 Å². The van der Waals surface area contributed by atoms with Crippen molar-refractivity contribution < 1.29 is 0 Å². The summed E-state index contributed by atoms with van der Waals surface area (Å²) in [6, 6.07) is 1.98. The van der Waals surface area contributed by atoms with E-state index < -0.39 is 0 Å². The van der Waals surface area contributed by atoms with Crippen LogP contribution >= 0.6 is 11.3 Å². The normalized spacial score (nSPS) is 12.2. The Hall–Kier alpha value is -1.16. The van der Waals surface area contributed by atoms with Crippen molar-refractivity contribution >= 4 is 27.4 Å². The van der Waals surface area contributed by atoms with E-state index in [9.17, 15) is 0 Å². The molecule has 4 heteroatoms. The Labute approximate surface area is 87.0 Å². The van der Waals surface area contributed by atoms with Crippen LogP contribution in [0, 0.1) is 0 Å². The Bertz CT molecular complexity index is 468. The lowest BCUT2D eigenvalue weighted by Gasteiger charge is -2.16. The third kappa shape index (κ3) is 1.46. The molecule has 0 radical (unpaired) electrons. The SMILES string of the molecule is CC(C)(C)c1nc(N)c2sccc2n1. The number of nitrogens with two attached hydrogens (primary N) is 1. The van der Waals surface area contributed by atoms with Gasteiger partial charge in [-0.05, 0) is 11.4 Å². The van der Waals surface area contributed by atoms with Gasteiger partial charge in [-0.3, -0.25) is 0 Å². The maximum absolute atomic E-state index is 5.86. The maximum Gasteiger partial charge on any atom is 0.145 e. The Kier molecular flexibility index (Phi) is 1.96. The number of hydrogen-bond donors (Lipinski definition) is 1. The molecule has 0 aromatic carbocycles. The average Bonchev–Trinajstić information content (AvgIpc) is 2.50. The largest absolute Gasteiger partial charge is 0.382 e. The van der Waals surface area contributed by atoms with Crippen LogP contribution in [0.25, 0.3) is 10.2 Å². The number of hydrogen-bond acceptors (Lipinski definition) is 4. The average molecular weight is 207 g/mol. The van der Waals surface area contributed by atoms with Gasteiger partial charge in [-0.2, -0.15) is 0 Å². The lowest BCUT2D eigenvalue weighted by molar-refractivity contribution is 0.549. The van der Waals surface area contributed by atoms with E-state index in [0.717, 1.165) is 16.0 Å². The molecule has 74 valence electrons. The van der Waals surface area contributed by atoms with Crippen LogP contribution < -0.4 is 5.73 Å². The minimum absolute atomic E-state index is 0.0513. The molecule has 0 saturated heterocycles. The molecule has 2 N–H and O–H groups in total. The van der Waals surface area contributed by atoms with Crippen LogP contribution in [0.3, 0.4) is 0 Å². The van der Waals surface area contributed by atoms with Gasteiger partial charge in [-0.15, -0.1) is 11.3 Å². The molecule has 0 spiro atoms. The van der Waals surface area contributed by atoms with Gasteiger partial charge in [-0.1, -0.05) is 20.8 Å². The van der Waals surface area contributed by atoms with Crippen LogP contribution in [-0.4, -0.2) is 9.97 Å². The summed E-state index contributed by atoms with van der Waals surface area (Å²) in [6.07, 6.45) is 0. The van der Waals surface area contributed by atoms with Crippen molar-refractivity contribution in [2.45, 2.75) is 26.2 Å². The minimum atomic E-state index is -0.0513. The minimum Gasteiger partial charge on any atom is -0.382 e. The smallest absolute Gasteiger partial charge is 0.145 e. The van der Waals surface area contributed by atoms with Crippen molar-refractivity contribution in [2.24, 2.45) is 0 Å². The van der Waals surface area contributed by atoms with Gasteiger partial charge >= 0.3 is 0 Å². The van der Waals surface area contributed by atoms with Gasteiger partial charge in [0.1, 0.15) is 11.6 Å². The van der Waals surface area contributed by atoms with Crippen molar-refractivity contribution in [3.63, 3.8) is 0 Å². The molecular weight excluding hydrogens is 194 g/mol. The Morgan fingerprint density at radius 1 is 1.29 bits per heavy atom. The number of rotatable bonds is 0. The lowest BCUT2D eigenvalue weighted by Crippen LogP contribution is -2.16. The summed E-state index contributed by atoms with van der Waals surface area (Å²) in [5, 5.41) is 1.99. The van der Waals surface area contributed by atoms with Gasteiger partial charge in [0.05, 0.1) is 10.2 Å². The van der Waals surface area contributed by atoms with E-state index in [1.54, 1.807) is 11.3 Å². The molecule has 0 unspecified atom stereocenters. The number of anilines is 1. The first-order chi connectivity index (χ1) is 6.48. The lowest BCUT2D eigenvalue weighted by atomic mass is 9.96. The first kappa shape index (κ1) is 9.40. The van der Waals surface area contributed by atoms with E-state index in [-0.39, 0.29) is 5.41 Å². The van der Waals surface area contributed by atoms with E-state index in [2.05, 4.69) is 30.7 Å². The molecule has 0 aliphatic heterocycles.